The molecule has 1 fully saturated rings. The second kappa shape index (κ2) is 10.2. The Morgan fingerprint density at radius 2 is 1.82 bits per heavy atom. The quantitative estimate of drug-likeness (QED) is 0.515. The number of hydrogen-bond acceptors (Lipinski definition) is 3. The predicted molar refractivity (Wildman–Crippen MR) is 117 cm³/mol. The molecule has 1 heterocycles. The normalized spacial score (nSPS) is 14.5. The SMILES string of the molecule is O=C(Nc1ccc(I)cc1C(=O)NCC[NH+]1CCOCC1)c1ccccc1Cl. The fraction of sp³-hybridized carbons (Fsp3) is 0.300. The number of nitrogens with one attached hydrogen (secondary N) is 3. The Kier molecular flexibility index (Phi) is 7.66. The van der Waals surface area contributed by atoms with Crippen LogP contribution in [0.3, 0.4) is 0 Å². The van der Waals surface area contributed by atoms with Crippen LogP contribution in [-0.2, 0) is 4.74 Å². The molecule has 148 valence electrons. The average molecular weight is 515 g/mol. The fourth-order valence-corrected chi connectivity index (χ4v) is 3.72. The first-order valence-electron chi connectivity index (χ1n) is 9.09. The Hall–Kier alpha value is -1.68. The number of carbonyl (C=O) groups excluding carboxylic acids is 2. The van der Waals surface area contributed by atoms with Gasteiger partial charge >= 0.3 is 0 Å². The van der Waals surface area contributed by atoms with Gasteiger partial charge in [-0.05, 0) is 52.9 Å². The average Bonchev–Trinajstić information content (AvgIpc) is 2.70. The molecule has 8 heteroatoms. The Morgan fingerprint density at radius 3 is 2.57 bits per heavy atom. The third-order valence-electron chi connectivity index (χ3n) is 4.56. The molecule has 2 amide bonds. The molecule has 0 bridgehead atoms. The van der Waals surface area contributed by atoms with Crippen LogP contribution < -0.4 is 15.5 Å². The van der Waals surface area contributed by atoms with E-state index >= 15 is 0 Å². The first kappa shape index (κ1) is 21.0. The number of morpholine rings is 1. The summed E-state index contributed by atoms with van der Waals surface area (Å²) in [6.07, 6.45) is 0. The van der Waals surface area contributed by atoms with E-state index in [0.717, 1.165) is 36.4 Å². The largest absolute Gasteiger partial charge is 0.370 e. The van der Waals surface area contributed by atoms with Crippen molar-refractivity contribution < 1.29 is 19.2 Å². The molecule has 2 aromatic rings. The van der Waals surface area contributed by atoms with Crippen LogP contribution in [0.25, 0.3) is 0 Å². The maximum Gasteiger partial charge on any atom is 0.257 e. The summed E-state index contributed by atoms with van der Waals surface area (Å²) in [7, 11) is 0. The number of halogens is 2. The van der Waals surface area contributed by atoms with Gasteiger partial charge in [0.05, 0.1) is 48.1 Å². The third kappa shape index (κ3) is 5.66. The zero-order valence-electron chi connectivity index (χ0n) is 15.3. The Morgan fingerprint density at radius 1 is 1.07 bits per heavy atom. The number of quaternary nitrogens is 1. The van der Waals surface area contributed by atoms with Crippen molar-refractivity contribution in [3.05, 3.63) is 62.2 Å². The van der Waals surface area contributed by atoms with E-state index in [4.69, 9.17) is 16.3 Å². The van der Waals surface area contributed by atoms with E-state index in [1.165, 1.54) is 4.90 Å². The van der Waals surface area contributed by atoms with E-state index in [-0.39, 0.29) is 11.8 Å². The van der Waals surface area contributed by atoms with Gasteiger partial charge in [0.1, 0.15) is 13.1 Å². The van der Waals surface area contributed by atoms with Crippen LogP contribution in [0, 0.1) is 3.57 Å². The van der Waals surface area contributed by atoms with Crippen molar-refractivity contribution in [1.82, 2.24) is 5.32 Å². The molecule has 6 nitrogen and oxygen atoms in total. The number of benzene rings is 2. The number of hydrogen-bond donors (Lipinski definition) is 3. The highest BCUT2D eigenvalue weighted by Gasteiger charge is 2.18. The standard InChI is InChI=1S/C20H21ClIN3O3/c21-17-4-2-1-3-15(17)20(27)24-18-6-5-14(22)13-16(18)19(26)23-7-8-25-9-11-28-12-10-25/h1-6,13H,7-12H2,(H,23,26)(H,24,27)/p+1. The maximum atomic E-state index is 12.7. The van der Waals surface area contributed by atoms with Crippen molar-refractivity contribution in [3.63, 3.8) is 0 Å². The molecule has 2 aromatic carbocycles. The molecular formula is C20H22ClIN3O3+. The summed E-state index contributed by atoms with van der Waals surface area (Å²) in [4.78, 5) is 26.7. The van der Waals surface area contributed by atoms with Gasteiger partial charge < -0.3 is 20.3 Å². The topological polar surface area (TPSA) is 71.9 Å². The number of rotatable bonds is 6. The lowest BCUT2D eigenvalue weighted by atomic mass is 10.1. The van der Waals surface area contributed by atoms with Gasteiger partial charge in [-0.25, -0.2) is 0 Å². The highest BCUT2D eigenvalue weighted by molar-refractivity contribution is 14.1. The van der Waals surface area contributed by atoms with Crippen LogP contribution in [0.1, 0.15) is 20.7 Å². The van der Waals surface area contributed by atoms with Crippen LogP contribution >= 0.6 is 34.2 Å². The van der Waals surface area contributed by atoms with Gasteiger partial charge in [0.25, 0.3) is 11.8 Å². The Balaban J connectivity index is 1.66. The summed E-state index contributed by atoms with van der Waals surface area (Å²) in [5.74, 6) is -0.556. The number of amides is 2. The molecule has 28 heavy (non-hydrogen) atoms. The second-order valence-corrected chi connectivity index (χ2v) is 8.14. The first-order valence-corrected chi connectivity index (χ1v) is 10.5. The molecular weight excluding hydrogens is 493 g/mol. The third-order valence-corrected chi connectivity index (χ3v) is 5.56. The van der Waals surface area contributed by atoms with Crippen molar-refractivity contribution in [3.8, 4) is 0 Å². The summed E-state index contributed by atoms with van der Waals surface area (Å²) in [6.45, 7) is 4.85. The van der Waals surface area contributed by atoms with E-state index in [9.17, 15) is 9.59 Å². The number of ether oxygens (including phenoxy) is 1. The molecule has 0 aromatic heterocycles. The molecule has 0 atom stereocenters. The number of anilines is 1. The van der Waals surface area contributed by atoms with Gasteiger partial charge in [0.2, 0.25) is 0 Å². The lowest BCUT2D eigenvalue weighted by Gasteiger charge is -2.23. The lowest BCUT2D eigenvalue weighted by Crippen LogP contribution is -3.14. The lowest BCUT2D eigenvalue weighted by molar-refractivity contribution is -0.906. The molecule has 0 saturated carbocycles. The van der Waals surface area contributed by atoms with Gasteiger partial charge in [-0.3, -0.25) is 9.59 Å². The van der Waals surface area contributed by atoms with Crippen LogP contribution in [0.15, 0.2) is 42.5 Å². The highest BCUT2D eigenvalue weighted by atomic mass is 127. The van der Waals surface area contributed by atoms with Crippen molar-refractivity contribution >= 4 is 51.7 Å². The van der Waals surface area contributed by atoms with Crippen LogP contribution in [-0.4, -0.2) is 51.2 Å². The maximum absolute atomic E-state index is 12.7. The van der Waals surface area contributed by atoms with E-state index in [1.54, 1.807) is 36.4 Å². The summed E-state index contributed by atoms with van der Waals surface area (Å²) in [5, 5.41) is 6.13. The summed E-state index contributed by atoms with van der Waals surface area (Å²) in [5.41, 5.74) is 1.26. The van der Waals surface area contributed by atoms with Crippen molar-refractivity contribution in [2.75, 3.05) is 44.7 Å². The minimum Gasteiger partial charge on any atom is -0.370 e. The minimum absolute atomic E-state index is 0.208. The monoisotopic (exact) mass is 514 g/mol. The molecule has 0 aliphatic carbocycles. The van der Waals surface area contributed by atoms with Crippen molar-refractivity contribution in [2.45, 2.75) is 0 Å². The molecule has 0 radical (unpaired) electrons. The van der Waals surface area contributed by atoms with Crippen LogP contribution in [0.5, 0.6) is 0 Å². The smallest absolute Gasteiger partial charge is 0.257 e. The summed E-state index contributed by atoms with van der Waals surface area (Å²) < 4.78 is 6.26. The molecule has 0 spiro atoms. The van der Waals surface area contributed by atoms with E-state index in [2.05, 4.69) is 33.2 Å². The van der Waals surface area contributed by atoms with Gasteiger partial charge in [-0.1, -0.05) is 23.7 Å². The summed E-state index contributed by atoms with van der Waals surface area (Å²) >= 11 is 8.25. The van der Waals surface area contributed by atoms with Crippen LogP contribution in [0.2, 0.25) is 5.02 Å². The van der Waals surface area contributed by atoms with E-state index in [1.807, 2.05) is 6.07 Å². The molecule has 3 rings (SSSR count). The van der Waals surface area contributed by atoms with Crippen molar-refractivity contribution in [2.24, 2.45) is 0 Å². The molecule has 1 aliphatic heterocycles. The molecule has 1 saturated heterocycles. The first-order chi connectivity index (χ1) is 13.5. The Bertz CT molecular complexity index is 856. The van der Waals surface area contributed by atoms with Gasteiger partial charge in [0.15, 0.2) is 0 Å². The van der Waals surface area contributed by atoms with Gasteiger partial charge in [0, 0.05) is 3.57 Å². The Labute approximate surface area is 182 Å². The summed E-state index contributed by atoms with van der Waals surface area (Å²) in [6, 6.07) is 12.2. The zero-order chi connectivity index (χ0) is 19.9. The van der Waals surface area contributed by atoms with E-state index < -0.39 is 0 Å². The minimum atomic E-state index is -0.349. The van der Waals surface area contributed by atoms with Crippen molar-refractivity contribution in [1.29, 1.82) is 0 Å². The fourth-order valence-electron chi connectivity index (χ4n) is 3.01. The van der Waals surface area contributed by atoms with Gasteiger partial charge in [-0.2, -0.15) is 0 Å². The molecule has 3 N–H and O–H groups in total. The zero-order valence-corrected chi connectivity index (χ0v) is 18.2. The van der Waals surface area contributed by atoms with Gasteiger partial charge in [-0.15, -0.1) is 0 Å². The predicted octanol–water partition coefficient (Wildman–Crippen LogP) is 1.84. The van der Waals surface area contributed by atoms with Crippen LogP contribution in [0.4, 0.5) is 5.69 Å². The second-order valence-electron chi connectivity index (χ2n) is 6.49. The highest BCUT2D eigenvalue weighted by Crippen LogP contribution is 2.22. The molecule has 1 aliphatic rings. The molecule has 0 unspecified atom stereocenters. The van der Waals surface area contributed by atoms with E-state index in [0.29, 0.717) is 28.4 Å². The number of carbonyl (C=O) groups is 2.